The molecular formula is C24H23NO6. The predicted octanol–water partition coefficient (Wildman–Crippen LogP) is 4.27. The number of esters is 1. The van der Waals surface area contributed by atoms with Crippen LogP contribution in [-0.4, -0.2) is 36.9 Å². The number of hydrogen-bond acceptors (Lipinski definition) is 6. The van der Waals surface area contributed by atoms with Crippen molar-refractivity contribution in [2.75, 3.05) is 20.3 Å². The highest BCUT2D eigenvalue weighted by atomic mass is 16.6. The highest BCUT2D eigenvalue weighted by Crippen LogP contribution is 2.32. The second-order valence-electron chi connectivity index (χ2n) is 7.05. The number of benzene rings is 3. The smallest absolute Gasteiger partial charge is 0.317 e. The maximum absolute atomic E-state index is 13.4. The molecule has 3 aromatic carbocycles. The number of ether oxygens (including phenoxy) is 2. The lowest BCUT2D eigenvalue weighted by atomic mass is 9.80. The summed E-state index contributed by atoms with van der Waals surface area (Å²) in [5, 5.41) is 13.3. The van der Waals surface area contributed by atoms with Crippen molar-refractivity contribution in [1.82, 2.24) is 0 Å². The number of hydrogen-bond donors (Lipinski definition) is 0. The summed E-state index contributed by atoms with van der Waals surface area (Å²) in [6, 6.07) is 19.2. The van der Waals surface area contributed by atoms with E-state index >= 15 is 0 Å². The number of nitrogens with zero attached hydrogens (tertiary/aromatic N) is 1. The van der Waals surface area contributed by atoms with Gasteiger partial charge < -0.3 is 9.47 Å². The van der Waals surface area contributed by atoms with Gasteiger partial charge in [0, 0.05) is 10.5 Å². The number of fused-ring (bicyclic) bond motifs is 1. The molecule has 0 amide bonds. The summed E-state index contributed by atoms with van der Waals surface area (Å²) in [5.41, 5.74) is 0.795. The second kappa shape index (κ2) is 9.84. The fraction of sp³-hybridized carbons (Fsp3) is 0.250. The van der Waals surface area contributed by atoms with Gasteiger partial charge in [-0.2, -0.15) is 0 Å². The quantitative estimate of drug-likeness (QED) is 0.168. The van der Waals surface area contributed by atoms with E-state index in [1.807, 2.05) is 30.3 Å². The van der Waals surface area contributed by atoms with Crippen molar-refractivity contribution in [3.63, 3.8) is 0 Å². The Hall–Kier alpha value is -3.74. The van der Waals surface area contributed by atoms with Gasteiger partial charge in [0.25, 0.3) is 0 Å². The fourth-order valence-electron chi connectivity index (χ4n) is 3.62. The maximum Gasteiger partial charge on any atom is 0.317 e. The number of rotatable bonds is 9. The molecule has 2 unspecified atom stereocenters. The maximum atomic E-state index is 13.4. The number of carbonyl (C=O) groups is 2. The Morgan fingerprint density at radius 2 is 1.68 bits per heavy atom. The number of Topliss-reactive ketones (excluding diaryl/α,β-unsaturated/α-hetero) is 1. The minimum absolute atomic E-state index is 0.0636. The average molecular weight is 421 g/mol. The van der Waals surface area contributed by atoms with E-state index in [1.165, 1.54) is 19.2 Å². The number of methoxy groups -OCH3 is 1. The zero-order chi connectivity index (χ0) is 22.4. The van der Waals surface area contributed by atoms with Crippen molar-refractivity contribution < 1.29 is 24.0 Å². The largest absolute Gasteiger partial charge is 0.497 e. The van der Waals surface area contributed by atoms with Crippen molar-refractivity contribution >= 4 is 22.5 Å². The van der Waals surface area contributed by atoms with Gasteiger partial charge in [0.1, 0.15) is 11.7 Å². The predicted molar refractivity (Wildman–Crippen MR) is 116 cm³/mol. The molecule has 2 atom stereocenters. The molecule has 0 aromatic heterocycles. The molecule has 0 radical (unpaired) electrons. The van der Waals surface area contributed by atoms with Gasteiger partial charge in [0.05, 0.1) is 19.6 Å². The van der Waals surface area contributed by atoms with Gasteiger partial charge in [-0.15, -0.1) is 0 Å². The van der Waals surface area contributed by atoms with Gasteiger partial charge in [-0.3, -0.25) is 19.7 Å². The summed E-state index contributed by atoms with van der Waals surface area (Å²) >= 11 is 0. The summed E-state index contributed by atoms with van der Waals surface area (Å²) in [6.07, 6.45) is 0. The van der Waals surface area contributed by atoms with Crippen LogP contribution in [0.15, 0.2) is 66.7 Å². The van der Waals surface area contributed by atoms with E-state index in [1.54, 1.807) is 31.2 Å². The van der Waals surface area contributed by atoms with Gasteiger partial charge in [0.2, 0.25) is 6.54 Å². The lowest BCUT2D eigenvalue weighted by Gasteiger charge is -2.23. The molecule has 0 saturated carbocycles. The van der Waals surface area contributed by atoms with Crippen LogP contribution in [0.5, 0.6) is 5.75 Å². The van der Waals surface area contributed by atoms with Crippen LogP contribution >= 0.6 is 0 Å². The lowest BCUT2D eigenvalue weighted by Crippen LogP contribution is -2.35. The van der Waals surface area contributed by atoms with E-state index in [0.717, 1.165) is 10.8 Å². The summed E-state index contributed by atoms with van der Waals surface area (Å²) < 4.78 is 10.3. The van der Waals surface area contributed by atoms with Crippen molar-refractivity contribution in [1.29, 1.82) is 0 Å². The molecule has 3 rings (SSSR count). The van der Waals surface area contributed by atoms with E-state index < -0.39 is 35.1 Å². The van der Waals surface area contributed by atoms with Gasteiger partial charge in [-0.1, -0.05) is 42.5 Å². The average Bonchev–Trinajstić information content (AvgIpc) is 2.78. The summed E-state index contributed by atoms with van der Waals surface area (Å²) in [5.74, 6) is -3.07. The Kier molecular flexibility index (Phi) is 6.97. The molecular weight excluding hydrogens is 398 g/mol. The van der Waals surface area contributed by atoms with Crippen LogP contribution < -0.4 is 4.74 Å². The van der Waals surface area contributed by atoms with E-state index in [9.17, 15) is 19.7 Å². The van der Waals surface area contributed by atoms with Gasteiger partial charge >= 0.3 is 5.97 Å². The molecule has 0 aliphatic rings. The molecule has 0 aliphatic heterocycles. The third-order valence-electron chi connectivity index (χ3n) is 5.15. The molecule has 0 N–H and O–H groups in total. The highest BCUT2D eigenvalue weighted by Gasteiger charge is 2.40. The Balaban J connectivity index is 2.08. The van der Waals surface area contributed by atoms with Crippen molar-refractivity contribution in [3.8, 4) is 5.75 Å². The van der Waals surface area contributed by atoms with Crippen LogP contribution in [0.3, 0.4) is 0 Å². The molecule has 0 aliphatic carbocycles. The molecule has 7 nitrogen and oxygen atoms in total. The summed E-state index contributed by atoms with van der Waals surface area (Å²) in [7, 11) is 1.51. The minimum atomic E-state index is -1.35. The normalized spacial score (nSPS) is 12.7. The van der Waals surface area contributed by atoms with Crippen LogP contribution in [0.2, 0.25) is 0 Å². The minimum Gasteiger partial charge on any atom is -0.497 e. The molecule has 31 heavy (non-hydrogen) atoms. The first-order valence-corrected chi connectivity index (χ1v) is 9.90. The fourth-order valence-corrected chi connectivity index (χ4v) is 3.62. The number of carbonyl (C=O) groups excluding carboxylic acids is 2. The van der Waals surface area contributed by atoms with Crippen LogP contribution in [0, 0.1) is 16.0 Å². The molecule has 0 spiro atoms. The Bertz CT molecular complexity index is 1090. The Morgan fingerprint density at radius 3 is 2.29 bits per heavy atom. The van der Waals surface area contributed by atoms with Crippen LogP contribution in [0.25, 0.3) is 10.8 Å². The van der Waals surface area contributed by atoms with E-state index in [4.69, 9.17) is 9.47 Å². The first-order valence-electron chi connectivity index (χ1n) is 9.90. The summed E-state index contributed by atoms with van der Waals surface area (Å²) in [4.78, 5) is 37.2. The van der Waals surface area contributed by atoms with E-state index in [2.05, 4.69) is 0 Å². The molecule has 7 heteroatoms. The first kappa shape index (κ1) is 22.0. The first-order chi connectivity index (χ1) is 14.9. The third-order valence-corrected chi connectivity index (χ3v) is 5.15. The SMILES string of the molecule is CCOC(=O)C(C(=O)c1ccc(OC)cc1)C(C[N+](=O)[O-])c1ccc2ccccc2c1. The zero-order valence-corrected chi connectivity index (χ0v) is 17.3. The van der Waals surface area contributed by atoms with E-state index in [-0.39, 0.29) is 12.2 Å². The number of nitro groups is 1. The molecule has 0 bridgehead atoms. The van der Waals surface area contributed by atoms with Crippen LogP contribution in [0.4, 0.5) is 0 Å². The van der Waals surface area contributed by atoms with E-state index in [0.29, 0.717) is 11.3 Å². The van der Waals surface area contributed by atoms with Crippen LogP contribution in [-0.2, 0) is 9.53 Å². The third kappa shape index (κ3) is 5.06. The van der Waals surface area contributed by atoms with Crippen LogP contribution in [0.1, 0.15) is 28.8 Å². The molecule has 0 saturated heterocycles. The van der Waals surface area contributed by atoms with Crippen molar-refractivity contribution in [2.45, 2.75) is 12.8 Å². The Labute approximate surface area is 179 Å². The van der Waals surface area contributed by atoms with Gasteiger partial charge in [-0.25, -0.2) is 0 Å². The van der Waals surface area contributed by atoms with Gasteiger partial charge in [0.15, 0.2) is 5.78 Å². The summed E-state index contributed by atoms with van der Waals surface area (Å²) in [6.45, 7) is 1.11. The highest BCUT2D eigenvalue weighted by molar-refractivity contribution is 6.09. The topological polar surface area (TPSA) is 95.7 Å². The standard InChI is InChI=1S/C24H23NO6/c1-3-31-24(27)22(23(26)17-10-12-20(30-2)13-11-17)21(15-25(28)29)19-9-8-16-6-4-5-7-18(16)14-19/h4-14,21-22H,3,15H2,1-2H3. The molecule has 160 valence electrons. The Morgan fingerprint density at radius 1 is 1.00 bits per heavy atom. The lowest BCUT2D eigenvalue weighted by molar-refractivity contribution is -0.484. The monoisotopic (exact) mass is 421 g/mol. The molecule has 0 fully saturated rings. The van der Waals surface area contributed by atoms with Crippen molar-refractivity contribution in [3.05, 3.63) is 88.0 Å². The molecule has 3 aromatic rings. The molecule has 0 heterocycles. The van der Waals surface area contributed by atoms with Crippen molar-refractivity contribution in [2.24, 2.45) is 5.92 Å². The van der Waals surface area contributed by atoms with Gasteiger partial charge in [-0.05, 0) is 47.5 Å². The second-order valence-corrected chi connectivity index (χ2v) is 7.05. The zero-order valence-electron chi connectivity index (χ0n) is 17.3. The number of ketones is 1.